The van der Waals surface area contributed by atoms with E-state index < -0.39 is 0 Å². The number of benzene rings is 1. The molecule has 0 radical (unpaired) electrons. The van der Waals surface area contributed by atoms with Crippen LogP contribution in [0.2, 0.25) is 0 Å². The van der Waals surface area contributed by atoms with Gasteiger partial charge in [-0.05, 0) is 30.4 Å². The Kier molecular flexibility index (Phi) is 4.31. The fourth-order valence-electron chi connectivity index (χ4n) is 3.24. The van der Waals surface area contributed by atoms with Gasteiger partial charge in [-0.25, -0.2) is 0 Å². The predicted octanol–water partition coefficient (Wildman–Crippen LogP) is 1.69. The van der Waals surface area contributed by atoms with E-state index >= 15 is 0 Å². The van der Waals surface area contributed by atoms with Crippen molar-refractivity contribution in [2.75, 3.05) is 13.2 Å². The molecule has 0 spiro atoms. The molecular formula is C16H22N4O. The van der Waals surface area contributed by atoms with E-state index in [4.69, 9.17) is 0 Å². The maximum absolute atomic E-state index is 9.43. The molecule has 1 aromatic heterocycles. The molecule has 1 unspecified atom stereocenters. The van der Waals surface area contributed by atoms with Gasteiger partial charge < -0.3 is 5.11 Å². The predicted molar refractivity (Wildman–Crippen MR) is 80.6 cm³/mol. The van der Waals surface area contributed by atoms with Crippen molar-refractivity contribution in [3.8, 4) is 0 Å². The molecule has 0 amide bonds. The Bertz CT molecular complexity index is 595. The topological polar surface area (TPSA) is 54.2 Å². The number of aromatic nitrogens is 3. The van der Waals surface area contributed by atoms with Crippen LogP contribution in [-0.4, -0.2) is 38.2 Å². The molecule has 5 heteroatoms. The summed E-state index contributed by atoms with van der Waals surface area (Å²) in [6.07, 6.45) is 5.31. The Hall–Kier alpha value is -1.72. The second-order valence-corrected chi connectivity index (χ2v) is 5.65. The van der Waals surface area contributed by atoms with E-state index in [9.17, 15) is 5.11 Å². The summed E-state index contributed by atoms with van der Waals surface area (Å²) in [4.78, 5) is 2.34. The number of aryl methyl sites for hydroxylation is 2. The average Bonchev–Trinajstić information content (AvgIpc) is 2.91. The molecule has 112 valence electrons. The first-order valence-electron chi connectivity index (χ1n) is 7.56. The van der Waals surface area contributed by atoms with Crippen molar-refractivity contribution in [3.63, 3.8) is 0 Å². The zero-order valence-corrected chi connectivity index (χ0v) is 12.4. The van der Waals surface area contributed by atoms with E-state index in [1.807, 2.05) is 7.05 Å². The molecule has 1 N–H and O–H groups in total. The molecule has 1 heterocycles. The summed E-state index contributed by atoms with van der Waals surface area (Å²) >= 11 is 0. The smallest absolute Gasteiger partial charge is 0.0738 e. The van der Waals surface area contributed by atoms with Crippen LogP contribution in [0.25, 0.3) is 0 Å². The summed E-state index contributed by atoms with van der Waals surface area (Å²) in [7, 11) is 1.91. The number of nitrogens with zero attached hydrogens (tertiary/aromatic N) is 4. The second-order valence-electron chi connectivity index (χ2n) is 5.65. The van der Waals surface area contributed by atoms with Crippen molar-refractivity contribution in [2.45, 2.75) is 31.8 Å². The van der Waals surface area contributed by atoms with Gasteiger partial charge in [-0.1, -0.05) is 29.5 Å². The molecular weight excluding hydrogens is 264 g/mol. The fourth-order valence-corrected chi connectivity index (χ4v) is 3.24. The number of rotatable bonds is 5. The Labute approximate surface area is 125 Å². The van der Waals surface area contributed by atoms with E-state index in [0.29, 0.717) is 12.6 Å². The van der Waals surface area contributed by atoms with Crippen LogP contribution >= 0.6 is 0 Å². The van der Waals surface area contributed by atoms with E-state index in [0.717, 1.165) is 25.1 Å². The summed E-state index contributed by atoms with van der Waals surface area (Å²) in [6, 6.07) is 9.05. The first kappa shape index (κ1) is 14.2. The number of aliphatic hydroxyl groups is 1. The standard InChI is InChI=1S/C16H22N4O/c1-19-14(11-17-18-19)12-20(9-10-21)16-8-4-6-13-5-2-3-7-15(13)16/h2-3,5,7,11,16,21H,4,6,8-10,12H2,1H3. The molecule has 1 aromatic carbocycles. The van der Waals surface area contributed by atoms with Gasteiger partial charge in [-0.15, -0.1) is 5.10 Å². The fraction of sp³-hybridized carbons (Fsp3) is 0.500. The number of fused-ring (bicyclic) bond motifs is 1. The van der Waals surface area contributed by atoms with Crippen molar-refractivity contribution in [1.82, 2.24) is 19.9 Å². The molecule has 5 nitrogen and oxygen atoms in total. The van der Waals surface area contributed by atoms with Gasteiger partial charge in [-0.3, -0.25) is 9.58 Å². The van der Waals surface area contributed by atoms with Gasteiger partial charge in [0, 0.05) is 26.2 Å². The van der Waals surface area contributed by atoms with Crippen LogP contribution in [0, 0.1) is 0 Å². The largest absolute Gasteiger partial charge is 0.395 e. The molecule has 1 aliphatic carbocycles. The summed E-state index contributed by atoms with van der Waals surface area (Å²) in [5.41, 5.74) is 3.93. The highest BCUT2D eigenvalue weighted by molar-refractivity contribution is 5.32. The second kappa shape index (κ2) is 6.37. The lowest BCUT2D eigenvalue weighted by Gasteiger charge is -2.35. The van der Waals surface area contributed by atoms with E-state index in [1.165, 1.54) is 17.5 Å². The zero-order chi connectivity index (χ0) is 14.7. The van der Waals surface area contributed by atoms with Crippen molar-refractivity contribution >= 4 is 0 Å². The zero-order valence-electron chi connectivity index (χ0n) is 12.4. The van der Waals surface area contributed by atoms with E-state index in [2.05, 4.69) is 39.5 Å². The lowest BCUT2D eigenvalue weighted by Crippen LogP contribution is -2.33. The Morgan fingerprint density at radius 2 is 2.24 bits per heavy atom. The Morgan fingerprint density at radius 3 is 3.00 bits per heavy atom. The van der Waals surface area contributed by atoms with Crippen molar-refractivity contribution < 1.29 is 5.11 Å². The maximum Gasteiger partial charge on any atom is 0.0738 e. The SMILES string of the molecule is Cn1nncc1CN(CCO)C1CCCc2ccccc21. The normalized spacial score (nSPS) is 18.0. The first-order valence-corrected chi connectivity index (χ1v) is 7.56. The van der Waals surface area contributed by atoms with Gasteiger partial charge in [0.25, 0.3) is 0 Å². The average molecular weight is 286 g/mol. The van der Waals surface area contributed by atoms with Gasteiger partial charge >= 0.3 is 0 Å². The van der Waals surface area contributed by atoms with Gasteiger partial charge in [0.2, 0.25) is 0 Å². The molecule has 2 aromatic rings. The van der Waals surface area contributed by atoms with E-state index in [1.54, 1.807) is 10.9 Å². The van der Waals surface area contributed by atoms with Crippen molar-refractivity contribution in [1.29, 1.82) is 0 Å². The third-order valence-electron chi connectivity index (χ3n) is 4.34. The number of aliphatic hydroxyl groups excluding tert-OH is 1. The quantitative estimate of drug-likeness (QED) is 0.909. The van der Waals surface area contributed by atoms with Crippen LogP contribution in [0.1, 0.15) is 35.7 Å². The van der Waals surface area contributed by atoms with Crippen LogP contribution in [0.4, 0.5) is 0 Å². The summed E-state index contributed by atoms with van der Waals surface area (Å²) in [5, 5.41) is 17.4. The Balaban J connectivity index is 1.86. The minimum absolute atomic E-state index is 0.171. The summed E-state index contributed by atoms with van der Waals surface area (Å²) in [5.74, 6) is 0. The van der Waals surface area contributed by atoms with Crippen LogP contribution < -0.4 is 0 Å². The molecule has 0 saturated heterocycles. The van der Waals surface area contributed by atoms with Crippen molar-refractivity contribution in [3.05, 3.63) is 47.3 Å². The number of hydrogen-bond donors (Lipinski definition) is 1. The summed E-state index contributed by atoms with van der Waals surface area (Å²) < 4.78 is 1.80. The lowest BCUT2D eigenvalue weighted by atomic mass is 9.86. The van der Waals surface area contributed by atoms with Gasteiger partial charge in [0.15, 0.2) is 0 Å². The molecule has 0 fully saturated rings. The van der Waals surface area contributed by atoms with Crippen LogP contribution in [0.5, 0.6) is 0 Å². The molecule has 0 aliphatic heterocycles. The maximum atomic E-state index is 9.43. The van der Waals surface area contributed by atoms with Crippen molar-refractivity contribution in [2.24, 2.45) is 7.05 Å². The number of hydrogen-bond acceptors (Lipinski definition) is 4. The van der Waals surface area contributed by atoms with Crippen LogP contribution in [-0.2, 0) is 20.0 Å². The first-order chi connectivity index (χ1) is 10.3. The molecule has 1 atom stereocenters. The van der Waals surface area contributed by atoms with E-state index in [-0.39, 0.29) is 6.61 Å². The van der Waals surface area contributed by atoms with Gasteiger partial charge in [-0.2, -0.15) is 0 Å². The van der Waals surface area contributed by atoms with Crippen LogP contribution in [0.15, 0.2) is 30.5 Å². The third-order valence-corrected chi connectivity index (χ3v) is 4.34. The molecule has 0 saturated carbocycles. The minimum Gasteiger partial charge on any atom is -0.395 e. The molecule has 21 heavy (non-hydrogen) atoms. The highest BCUT2D eigenvalue weighted by Crippen LogP contribution is 2.34. The van der Waals surface area contributed by atoms with Gasteiger partial charge in [0.05, 0.1) is 18.5 Å². The molecule has 1 aliphatic rings. The third kappa shape index (κ3) is 2.99. The molecule has 0 bridgehead atoms. The molecule has 3 rings (SSSR count). The van der Waals surface area contributed by atoms with Gasteiger partial charge in [0.1, 0.15) is 0 Å². The minimum atomic E-state index is 0.171. The lowest BCUT2D eigenvalue weighted by molar-refractivity contribution is 0.128. The van der Waals surface area contributed by atoms with Crippen LogP contribution in [0.3, 0.4) is 0 Å². The highest BCUT2D eigenvalue weighted by atomic mass is 16.3. The Morgan fingerprint density at radius 1 is 1.38 bits per heavy atom. The summed E-state index contributed by atoms with van der Waals surface area (Å²) in [6.45, 7) is 1.61. The highest BCUT2D eigenvalue weighted by Gasteiger charge is 2.26. The monoisotopic (exact) mass is 286 g/mol.